The average Bonchev–Trinajstić information content (AvgIpc) is 2.94. The average molecular weight is 596 g/mol. The van der Waals surface area contributed by atoms with Crippen LogP contribution in [0.2, 0.25) is 0 Å². The van der Waals surface area contributed by atoms with Gasteiger partial charge in [0.2, 0.25) is 0 Å². The third-order valence-corrected chi connectivity index (χ3v) is 13.9. The first-order valence-corrected chi connectivity index (χ1v) is 16.5. The van der Waals surface area contributed by atoms with Crippen LogP contribution < -0.4 is 21.2 Å². The van der Waals surface area contributed by atoms with E-state index in [0.717, 1.165) is 47.0 Å². The first-order valence-electron chi connectivity index (χ1n) is 16.7. The second kappa shape index (κ2) is 13.8. The van der Waals surface area contributed by atoms with E-state index in [2.05, 4.69) is 4.44 Å². The van der Waals surface area contributed by atoms with Crippen LogP contribution in [-0.2, 0) is 0 Å². The Hall–Kier alpha value is -0.900. The van der Waals surface area contributed by atoms with Crippen molar-refractivity contribution in [2.45, 2.75) is 19.6 Å². The lowest BCUT2D eigenvalue weighted by molar-refractivity contribution is 0.908. The van der Waals surface area contributed by atoms with Gasteiger partial charge in [0.05, 0.1) is 0 Å². The summed E-state index contributed by atoms with van der Waals surface area (Å²) in [5.74, 6) is 0. The zero-order valence-electron chi connectivity index (χ0n) is 31.2. The molecular formula is C29H31NP2S4. The van der Waals surface area contributed by atoms with Crippen LogP contribution >= 0.6 is 63.2 Å². The third kappa shape index (κ3) is 6.05. The van der Waals surface area contributed by atoms with E-state index in [0.29, 0.717) is 40.8 Å². The normalized spacial score (nSPS) is 17.9. The molecule has 0 atom stereocenters. The van der Waals surface area contributed by atoms with E-state index in [1.54, 1.807) is 72.8 Å². The minimum Gasteiger partial charge on any atom is -0.248 e. The molecule has 0 spiro atoms. The topological polar surface area (TPSA) is 3.24 Å². The molecule has 1 nitrogen and oxygen atoms in total. The van der Waals surface area contributed by atoms with Crippen LogP contribution in [0.15, 0.2) is 117 Å². The monoisotopic (exact) mass is 595 g/mol. The third-order valence-electron chi connectivity index (χ3n) is 5.39. The van der Waals surface area contributed by atoms with E-state index >= 15 is 0 Å². The van der Waals surface area contributed by atoms with Gasteiger partial charge in [0.15, 0.2) is 0 Å². The predicted octanol–water partition coefficient (Wildman–Crippen LogP) is 7.90. The van der Waals surface area contributed by atoms with Gasteiger partial charge < -0.3 is 0 Å². The van der Waals surface area contributed by atoms with Crippen molar-refractivity contribution in [3.05, 3.63) is 97.1 Å². The Morgan fingerprint density at radius 3 is 0.972 bits per heavy atom. The molecule has 0 aromatic heterocycles. The first kappa shape index (κ1) is 16.3. The van der Waals surface area contributed by atoms with E-state index in [9.17, 15) is 0 Å². The summed E-state index contributed by atoms with van der Waals surface area (Å²) in [4.78, 5) is 1.98. The minimum atomic E-state index is -2.38. The molecule has 4 aromatic carbocycles. The second-order valence-corrected chi connectivity index (χ2v) is 14.7. The van der Waals surface area contributed by atoms with E-state index < -0.39 is 40.9 Å². The standard InChI is InChI=1S/C29H31NP2S4/c1-30(31(22-14-6-10-18-26(22)33-2)23-15-7-11-19-27(23)34-3)32(24-16-8-12-20-28(24)35-4)25-17-9-13-21-29(25)36-5/h6-21H,1-5H3/i2D3,3D3,4D3,5D3. The SMILES string of the molecule is [2H]C([2H])([2H])Sc1ccccc1P(c1ccccc1SC([2H])([2H])[2H])N(C)P(c1ccccc1SC([2H])([2H])[2H])c1ccccc1SC([2H])([2H])[2H]. The number of benzene rings is 4. The maximum absolute atomic E-state index is 8.06. The van der Waals surface area contributed by atoms with Crippen molar-refractivity contribution in [1.29, 1.82) is 0 Å². The molecule has 0 saturated heterocycles. The van der Waals surface area contributed by atoms with E-state index in [-0.39, 0.29) is 0 Å². The molecule has 0 heterocycles. The molecular weight excluding hydrogens is 553 g/mol. The number of hydrogen-bond donors (Lipinski definition) is 0. The highest BCUT2D eigenvalue weighted by molar-refractivity contribution is 8.01. The molecule has 186 valence electrons. The van der Waals surface area contributed by atoms with Crippen molar-refractivity contribution in [2.24, 2.45) is 0 Å². The molecule has 4 aromatic rings. The van der Waals surface area contributed by atoms with Crippen molar-refractivity contribution in [3.63, 3.8) is 0 Å². The van der Waals surface area contributed by atoms with Crippen molar-refractivity contribution in [3.8, 4) is 0 Å². The van der Waals surface area contributed by atoms with E-state index in [1.165, 1.54) is 0 Å². The zero-order valence-corrected chi connectivity index (χ0v) is 24.3. The number of rotatable bonds is 10. The summed E-state index contributed by atoms with van der Waals surface area (Å²) in [7, 11) is -1.57. The zero-order chi connectivity index (χ0) is 35.5. The van der Waals surface area contributed by atoms with Gasteiger partial charge in [0, 0.05) is 73.4 Å². The highest BCUT2D eigenvalue weighted by atomic mass is 32.2. The van der Waals surface area contributed by atoms with Gasteiger partial charge in [0.25, 0.3) is 0 Å². The summed E-state index contributed by atoms with van der Waals surface area (Å²) in [6.45, 7) is 0. The maximum atomic E-state index is 8.06. The van der Waals surface area contributed by atoms with Crippen LogP contribution in [-0.4, -0.2) is 36.2 Å². The summed E-state index contributed by atoms with van der Waals surface area (Å²) < 4.78 is 98.8. The van der Waals surface area contributed by atoms with Gasteiger partial charge >= 0.3 is 0 Å². The number of nitrogens with zero attached hydrogens (tertiary/aromatic N) is 1. The van der Waals surface area contributed by atoms with Gasteiger partial charge in [-0.3, -0.25) is 0 Å². The van der Waals surface area contributed by atoms with Gasteiger partial charge in [0.1, 0.15) is 0 Å². The molecule has 0 unspecified atom stereocenters. The van der Waals surface area contributed by atoms with E-state index in [1.807, 2.05) is 31.3 Å². The number of hydrogen-bond acceptors (Lipinski definition) is 5. The van der Waals surface area contributed by atoms with Gasteiger partial charge in [-0.05, 0) is 56.0 Å². The van der Waals surface area contributed by atoms with Crippen LogP contribution in [0.1, 0.15) is 16.4 Å². The highest BCUT2D eigenvalue weighted by Crippen LogP contribution is 2.56. The van der Waals surface area contributed by atoms with Crippen LogP contribution in [0.4, 0.5) is 0 Å². The quantitative estimate of drug-likeness (QED) is 0.135. The maximum Gasteiger partial charge on any atom is 0.0348 e. The van der Waals surface area contributed by atoms with E-state index in [4.69, 9.17) is 16.4 Å². The van der Waals surface area contributed by atoms with Crippen LogP contribution in [0.3, 0.4) is 0 Å². The van der Waals surface area contributed by atoms with Crippen molar-refractivity contribution < 1.29 is 16.4 Å². The summed E-state index contributed by atoms with van der Waals surface area (Å²) in [6, 6.07) is 28.5. The molecule has 0 aliphatic carbocycles. The summed E-state index contributed by atoms with van der Waals surface area (Å²) in [5, 5.41) is 2.68. The highest BCUT2D eigenvalue weighted by Gasteiger charge is 2.33. The Balaban J connectivity index is 2.08. The Kier molecular flexibility index (Phi) is 6.22. The molecule has 0 radical (unpaired) electrons. The Morgan fingerprint density at radius 2 is 0.722 bits per heavy atom. The minimum absolute atomic E-state index is 0.495. The van der Waals surface area contributed by atoms with Crippen LogP contribution in [0.5, 0.6) is 0 Å². The molecule has 0 bridgehead atoms. The van der Waals surface area contributed by atoms with Gasteiger partial charge in [-0.15, -0.1) is 47.0 Å². The van der Waals surface area contributed by atoms with Crippen LogP contribution in [0.25, 0.3) is 0 Å². The molecule has 0 fully saturated rings. The first-order chi connectivity index (χ1) is 22.2. The summed E-state index contributed by atoms with van der Waals surface area (Å²) in [6.07, 6.45) is -9.50. The fourth-order valence-electron chi connectivity index (χ4n) is 3.85. The molecule has 0 aliphatic heterocycles. The molecule has 0 aliphatic rings. The number of thioether (sulfide) groups is 4. The van der Waals surface area contributed by atoms with Crippen molar-refractivity contribution in [1.82, 2.24) is 4.44 Å². The smallest absolute Gasteiger partial charge is 0.0348 e. The fraction of sp³-hybridized carbons (Fsp3) is 0.172. The lowest BCUT2D eigenvalue weighted by Crippen LogP contribution is -2.31. The van der Waals surface area contributed by atoms with Gasteiger partial charge in [-0.25, -0.2) is 4.44 Å². The van der Waals surface area contributed by atoms with Crippen LogP contribution in [0, 0.1) is 0 Å². The summed E-state index contributed by atoms with van der Waals surface area (Å²) in [5.41, 5.74) is 0. The molecule has 0 amide bonds. The lowest BCUT2D eigenvalue weighted by Gasteiger charge is -2.38. The van der Waals surface area contributed by atoms with Crippen molar-refractivity contribution >= 4 is 84.4 Å². The molecule has 4 rings (SSSR count). The van der Waals surface area contributed by atoms with Gasteiger partial charge in [-0.1, -0.05) is 72.8 Å². The molecule has 7 heteroatoms. The predicted molar refractivity (Wildman–Crippen MR) is 173 cm³/mol. The molecule has 36 heavy (non-hydrogen) atoms. The van der Waals surface area contributed by atoms with Gasteiger partial charge in [-0.2, -0.15) is 0 Å². The largest absolute Gasteiger partial charge is 0.248 e. The molecule has 0 saturated carbocycles. The lowest BCUT2D eigenvalue weighted by atomic mass is 10.4. The Morgan fingerprint density at radius 1 is 0.472 bits per heavy atom. The van der Waals surface area contributed by atoms with Crippen molar-refractivity contribution in [2.75, 3.05) is 31.8 Å². The second-order valence-electron chi connectivity index (χ2n) is 7.39. The molecule has 0 N–H and O–H groups in total. The Labute approximate surface area is 253 Å². The summed E-state index contributed by atoms with van der Waals surface area (Å²) >= 11 is 2.94. The fourth-order valence-corrected chi connectivity index (χ4v) is 12.4. The Bertz CT molecular complexity index is 1450.